The van der Waals surface area contributed by atoms with Crippen molar-refractivity contribution in [2.45, 2.75) is 19.4 Å². The Kier molecular flexibility index (Phi) is 4.41. The minimum atomic E-state index is -1.07. The molecule has 0 aliphatic rings. The molecule has 4 rings (SSSR count). The number of aromatic nitrogens is 4. The Bertz CT molecular complexity index is 1080. The first-order chi connectivity index (χ1) is 12.9. The number of anilines is 1. The molecule has 0 saturated heterocycles. The molecule has 0 fully saturated rings. The summed E-state index contributed by atoms with van der Waals surface area (Å²) >= 11 is 1.60. The second kappa shape index (κ2) is 6.75. The number of hydrogen-bond acceptors (Lipinski definition) is 6. The van der Waals surface area contributed by atoms with Crippen molar-refractivity contribution in [3.63, 3.8) is 0 Å². The van der Waals surface area contributed by atoms with Crippen LogP contribution in [-0.4, -0.2) is 31.4 Å². The van der Waals surface area contributed by atoms with Crippen LogP contribution in [0.25, 0.3) is 21.3 Å². The van der Waals surface area contributed by atoms with Gasteiger partial charge < -0.3 is 10.4 Å². The van der Waals surface area contributed by atoms with Gasteiger partial charge in [0.25, 0.3) is 0 Å². The number of nitrogens with one attached hydrogen (secondary N) is 1. The highest BCUT2D eigenvalue weighted by Gasteiger charge is 2.25. The molecule has 0 radical (unpaired) electrons. The molecular weight excluding hydrogens is 358 g/mol. The van der Waals surface area contributed by atoms with Crippen molar-refractivity contribution in [3.8, 4) is 11.1 Å². The number of fused-ring (bicyclic) bond motifs is 1. The van der Waals surface area contributed by atoms with E-state index in [0.717, 1.165) is 32.7 Å². The molecule has 6 nitrogen and oxygen atoms in total. The number of aryl methyl sites for hydroxylation is 2. The number of hydrogen-bond donors (Lipinski definition) is 2. The fourth-order valence-corrected chi connectivity index (χ4v) is 4.06. The predicted molar refractivity (Wildman–Crippen MR) is 109 cm³/mol. The van der Waals surface area contributed by atoms with Crippen LogP contribution in [0, 0.1) is 6.92 Å². The molecule has 7 heteroatoms. The van der Waals surface area contributed by atoms with E-state index in [4.69, 9.17) is 0 Å². The van der Waals surface area contributed by atoms with Crippen LogP contribution in [-0.2, 0) is 12.6 Å². The van der Waals surface area contributed by atoms with Gasteiger partial charge in [0.2, 0.25) is 0 Å². The first-order valence-electron chi connectivity index (χ1n) is 8.71. The van der Waals surface area contributed by atoms with Crippen LogP contribution in [0.5, 0.6) is 0 Å². The lowest BCUT2D eigenvalue weighted by Crippen LogP contribution is -2.30. The number of thiophene rings is 1. The van der Waals surface area contributed by atoms with E-state index in [1.165, 1.54) is 0 Å². The van der Waals surface area contributed by atoms with Gasteiger partial charge in [-0.2, -0.15) is 5.10 Å². The average molecular weight is 379 g/mol. The van der Waals surface area contributed by atoms with Crippen LogP contribution in [0.2, 0.25) is 0 Å². The van der Waals surface area contributed by atoms with Gasteiger partial charge >= 0.3 is 0 Å². The molecule has 0 amide bonds. The van der Waals surface area contributed by atoms with Gasteiger partial charge in [-0.1, -0.05) is 30.3 Å². The molecule has 0 unspecified atom stereocenters. The number of rotatable bonds is 5. The Balaban J connectivity index is 1.72. The van der Waals surface area contributed by atoms with Crippen molar-refractivity contribution < 1.29 is 5.11 Å². The summed E-state index contributed by atoms with van der Waals surface area (Å²) in [6, 6.07) is 10.2. The van der Waals surface area contributed by atoms with Crippen LogP contribution >= 0.6 is 11.3 Å². The Morgan fingerprint density at radius 2 is 2.00 bits per heavy atom. The zero-order valence-electron chi connectivity index (χ0n) is 15.5. The standard InChI is InChI=1S/C20H21N5OS/c1-13-23-18(21-12-20(2,26)15-9-22-25(3)10-15)17-16(11-27-19(17)24-13)14-7-5-4-6-8-14/h4-11,26H,12H2,1-3H3,(H,21,23,24)/t20-/m0/s1. The van der Waals surface area contributed by atoms with Crippen molar-refractivity contribution in [1.29, 1.82) is 0 Å². The highest BCUT2D eigenvalue weighted by Crippen LogP contribution is 2.37. The summed E-state index contributed by atoms with van der Waals surface area (Å²) in [4.78, 5) is 10.1. The topological polar surface area (TPSA) is 75.9 Å². The molecule has 0 aliphatic heterocycles. The molecular formula is C20H21N5OS. The number of benzene rings is 1. The van der Waals surface area contributed by atoms with Crippen LogP contribution in [0.15, 0.2) is 48.1 Å². The highest BCUT2D eigenvalue weighted by atomic mass is 32.1. The van der Waals surface area contributed by atoms with Crippen molar-refractivity contribution >= 4 is 27.4 Å². The van der Waals surface area contributed by atoms with Crippen LogP contribution in [0.3, 0.4) is 0 Å². The summed E-state index contributed by atoms with van der Waals surface area (Å²) in [7, 11) is 1.84. The predicted octanol–water partition coefficient (Wildman–Crippen LogP) is 3.72. The number of nitrogens with zero attached hydrogens (tertiary/aromatic N) is 4. The quantitative estimate of drug-likeness (QED) is 0.553. The van der Waals surface area contributed by atoms with Gasteiger partial charge in [-0.05, 0) is 19.4 Å². The Morgan fingerprint density at radius 1 is 1.22 bits per heavy atom. The zero-order valence-corrected chi connectivity index (χ0v) is 16.3. The van der Waals surface area contributed by atoms with E-state index in [2.05, 4.69) is 37.9 Å². The molecule has 3 heterocycles. The molecule has 27 heavy (non-hydrogen) atoms. The van der Waals surface area contributed by atoms with E-state index in [0.29, 0.717) is 12.4 Å². The lowest BCUT2D eigenvalue weighted by Gasteiger charge is -2.23. The Labute approximate surface area is 161 Å². The van der Waals surface area contributed by atoms with Gasteiger partial charge in [-0.3, -0.25) is 4.68 Å². The van der Waals surface area contributed by atoms with Gasteiger partial charge in [0.1, 0.15) is 22.1 Å². The summed E-state index contributed by atoms with van der Waals surface area (Å²) < 4.78 is 1.68. The van der Waals surface area contributed by atoms with E-state index in [1.807, 2.05) is 38.4 Å². The molecule has 0 aliphatic carbocycles. The van der Waals surface area contributed by atoms with Crippen LogP contribution < -0.4 is 5.32 Å². The minimum absolute atomic E-state index is 0.314. The van der Waals surface area contributed by atoms with Gasteiger partial charge in [0.05, 0.1) is 11.6 Å². The van der Waals surface area contributed by atoms with Gasteiger partial charge in [0.15, 0.2) is 0 Å². The molecule has 3 aromatic heterocycles. The van der Waals surface area contributed by atoms with Gasteiger partial charge in [0, 0.05) is 36.3 Å². The molecule has 1 aromatic carbocycles. The molecule has 0 spiro atoms. The lowest BCUT2D eigenvalue weighted by molar-refractivity contribution is 0.0714. The smallest absolute Gasteiger partial charge is 0.139 e. The maximum atomic E-state index is 10.9. The highest BCUT2D eigenvalue weighted by molar-refractivity contribution is 7.17. The van der Waals surface area contributed by atoms with E-state index < -0.39 is 5.60 Å². The maximum Gasteiger partial charge on any atom is 0.139 e. The molecule has 2 N–H and O–H groups in total. The zero-order chi connectivity index (χ0) is 19.0. The van der Waals surface area contributed by atoms with Crippen molar-refractivity contribution in [1.82, 2.24) is 19.7 Å². The largest absolute Gasteiger partial charge is 0.383 e. The van der Waals surface area contributed by atoms with Crippen molar-refractivity contribution in [3.05, 3.63) is 59.5 Å². The van der Waals surface area contributed by atoms with Crippen molar-refractivity contribution in [2.75, 3.05) is 11.9 Å². The average Bonchev–Trinajstić information content (AvgIpc) is 3.27. The fourth-order valence-electron chi connectivity index (χ4n) is 3.06. The maximum absolute atomic E-state index is 10.9. The summed E-state index contributed by atoms with van der Waals surface area (Å²) in [6.07, 6.45) is 3.50. The Morgan fingerprint density at radius 3 is 2.70 bits per heavy atom. The minimum Gasteiger partial charge on any atom is -0.383 e. The number of aliphatic hydroxyl groups is 1. The molecule has 0 bridgehead atoms. The van der Waals surface area contributed by atoms with Gasteiger partial charge in [-0.15, -0.1) is 11.3 Å². The van der Waals surface area contributed by atoms with E-state index >= 15 is 0 Å². The van der Waals surface area contributed by atoms with E-state index in [1.54, 1.807) is 29.1 Å². The second-order valence-electron chi connectivity index (χ2n) is 6.85. The van der Waals surface area contributed by atoms with E-state index in [-0.39, 0.29) is 0 Å². The Hall–Kier alpha value is -2.77. The molecule has 1 atom stereocenters. The normalized spacial score (nSPS) is 13.6. The molecule has 0 saturated carbocycles. The summed E-state index contributed by atoms with van der Waals surface area (Å²) in [5.41, 5.74) is 1.91. The summed E-state index contributed by atoms with van der Waals surface area (Å²) in [5, 5.41) is 21.5. The third-order valence-corrected chi connectivity index (χ3v) is 5.43. The molecule has 4 aromatic rings. The SMILES string of the molecule is Cc1nc(NC[C@](C)(O)c2cnn(C)c2)c2c(-c3ccccc3)csc2n1. The fraction of sp³-hybridized carbons (Fsp3) is 0.250. The summed E-state index contributed by atoms with van der Waals surface area (Å²) in [5.74, 6) is 1.44. The van der Waals surface area contributed by atoms with Crippen LogP contribution in [0.4, 0.5) is 5.82 Å². The first kappa shape index (κ1) is 17.6. The third-order valence-electron chi connectivity index (χ3n) is 4.56. The van der Waals surface area contributed by atoms with Crippen LogP contribution in [0.1, 0.15) is 18.3 Å². The van der Waals surface area contributed by atoms with Crippen molar-refractivity contribution in [2.24, 2.45) is 7.05 Å². The third kappa shape index (κ3) is 3.43. The first-order valence-corrected chi connectivity index (χ1v) is 9.58. The van der Waals surface area contributed by atoms with E-state index in [9.17, 15) is 5.11 Å². The molecule has 138 valence electrons. The monoisotopic (exact) mass is 379 g/mol. The second-order valence-corrected chi connectivity index (χ2v) is 7.70. The summed E-state index contributed by atoms with van der Waals surface area (Å²) in [6.45, 7) is 3.97. The van der Waals surface area contributed by atoms with Gasteiger partial charge in [-0.25, -0.2) is 9.97 Å². The lowest BCUT2D eigenvalue weighted by atomic mass is 9.99.